The number of aliphatic hydroxyl groups excluding tert-OH is 2. The molecule has 1 aromatic rings. The van der Waals surface area contributed by atoms with Crippen LogP contribution in [0.15, 0.2) is 11.0 Å². The zero-order valence-corrected chi connectivity index (χ0v) is 21.1. The molecule has 31 heavy (non-hydrogen) atoms. The maximum absolute atomic E-state index is 12.8. The number of nitrogens with zero attached hydrogens (tertiary/aromatic N) is 2. The van der Waals surface area contributed by atoms with Crippen molar-refractivity contribution in [2.24, 2.45) is 5.92 Å². The lowest BCUT2D eigenvalue weighted by atomic mass is 9.82. The molecule has 4 unspecified atom stereocenters. The van der Waals surface area contributed by atoms with Crippen molar-refractivity contribution in [3.8, 4) is 0 Å². The Morgan fingerprint density at radius 2 is 1.94 bits per heavy atom. The zero-order chi connectivity index (χ0) is 23.9. The van der Waals surface area contributed by atoms with Crippen molar-refractivity contribution in [1.29, 1.82) is 0 Å². The Morgan fingerprint density at radius 3 is 2.45 bits per heavy atom. The molecule has 13 heteroatoms. The molecule has 0 spiro atoms. The molecule has 0 bridgehead atoms. The smallest absolute Gasteiger partial charge is 0.359 e. The number of rotatable bonds is 8. The topological polar surface area (TPSA) is 177 Å². The Morgan fingerprint density at radius 1 is 1.35 bits per heavy atom. The summed E-state index contributed by atoms with van der Waals surface area (Å²) in [5.41, 5.74) is 3.58. The van der Waals surface area contributed by atoms with Crippen molar-refractivity contribution >= 4 is 36.0 Å². The molecule has 2 heterocycles. The van der Waals surface area contributed by atoms with Crippen LogP contribution in [0.5, 0.6) is 0 Å². The molecule has 0 radical (unpaired) electrons. The minimum absolute atomic E-state index is 0.00994. The van der Waals surface area contributed by atoms with Crippen molar-refractivity contribution in [2.45, 2.75) is 82.9 Å². The highest BCUT2D eigenvalue weighted by atomic mass is 127. The van der Waals surface area contributed by atoms with Gasteiger partial charge in [-0.15, -0.1) is 0 Å². The largest absolute Gasteiger partial charge is 0.388 e. The van der Waals surface area contributed by atoms with Crippen molar-refractivity contribution in [1.82, 2.24) is 9.55 Å². The van der Waals surface area contributed by atoms with E-state index in [2.05, 4.69) is 4.98 Å². The van der Waals surface area contributed by atoms with E-state index < -0.39 is 54.7 Å². The number of ether oxygens (including phenoxy) is 1. The molecule has 1 aliphatic heterocycles. The van der Waals surface area contributed by atoms with E-state index in [1.54, 1.807) is 27.7 Å². The lowest BCUT2D eigenvalue weighted by molar-refractivity contribution is -0.107. The molecule has 6 N–H and O–H groups in total. The minimum Gasteiger partial charge on any atom is -0.388 e. The van der Waals surface area contributed by atoms with Crippen molar-refractivity contribution in [3.05, 3.63) is 20.3 Å². The van der Waals surface area contributed by atoms with E-state index in [0.717, 1.165) is 4.57 Å². The van der Waals surface area contributed by atoms with Gasteiger partial charge in [0, 0.05) is 12.1 Å². The van der Waals surface area contributed by atoms with Gasteiger partial charge in [0.05, 0.1) is 15.3 Å². The predicted molar refractivity (Wildman–Crippen MR) is 121 cm³/mol. The highest BCUT2D eigenvalue weighted by molar-refractivity contribution is 14.1. The highest BCUT2D eigenvalue weighted by Gasteiger charge is 2.54. The molecular formula is C18H31IN3O8P. The molecule has 1 aliphatic rings. The summed E-state index contributed by atoms with van der Waals surface area (Å²) in [6.45, 7) is 7.72. The second-order valence-electron chi connectivity index (χ2n) is 8.27. The average Bonchev–Trinajstić information content (AvgIpc) is 2.98. The van der Waals surface area contributed by atoms with E-state index in [9.17, 15) is 29.6 Å². The molecule has 0 aliphatic carbocycles. The third-order valence-electron chi connectivity index (χ3n) is 6.25. The number of hydrogen-bond donors (Lipinski definition) is 5. The van der Waals surface area contributed by atoms with Gasteiger partial charge in [0.15, 0.2) is 11.6 Å². The van der Waals surface area contributed by atoms with Crippen LogP contribution in [0.3, 0.4) is 0 Å². The van der Waals surface area contributed by atoms with Gasteiger partial charge < -0.3 is 30.7 Å². The van der Waals surface area contributed by atoms with Gasteiger partial charge in [-0.1, -0.05) is 20.8 Å². The van der Waals surface area contributed by atoms with Gasteiger partial charge in [-0.3, -0.25) is 13.7 Å². The number of nitrogen functional groups attached to an aromatic ring is 1. The SMILES string of the molecule is CCC(C)(OP(=O)(O)C(C)(O)CC)C(C)[C@H]1O[C@@H](n2cc(I)c(N)nc2=O)[C@H](O)[C@@H]1O. The van der Waals surface area contributed by atoms with Crippen LogP contribution in [-0.4, -0.2) is 59.0 Å². The number of aliphatic hydroxyl groups is 3. The fraction of sp³-hybridized carbons (Fsp3) is 0.778. The van der Waals surface area contributed by atoms with E-state index in [0.29, 0.717) is 3.57 Å². The standard InChI is InChI=1S/C18H31IN3O8P/c1-6-17(4,30-31(27,28)18(5,26)7-2)9(3)13-11(23)12(24)15(29-13)22-8-10(19)14(20)21-16(22)25/h8-9,11-13,15,23-24,26H,6-7H2,1-5H3,(H,27,28)(H2,20,21,25)/t9?,11-,12+,13+,15+,17?,18?/m0/s1. The summed E-state index contributed by atoms with van der Waals surface area (Å²) in [5.74, 6) is -0.676. The third kappa shape index (κ3) is 5.01. The zero-order valence-electron chi connectivity index (χ0n) is 18.1. The fourth-order valence-corrected chi connectivity index (χ4v) is 5.24. The number of hydrogen-bond acceptors (Lipinski definition) is 9. The molecule has 8 atom stereocenters. The van der Waals surface area contributed by atoms with Crippen molar-refractivity contribution in [2.75, 3.05) is 5.73 Å². The number of halogens is 1. The first-order valence-electron chi connectivity index (χ1n) is 9.93. The summed E-state index contributed by atoms with van der Waals surface area (Å²) < 4.78 is 25.7. The van der Waals surface area contributed by atoms with Gasteiger partial charge in [0.25, 0.3) is 0 Å². The predicted octanol–water partition coefficient (Wildman–Crippen LogP) is 1.17. The van der Waals surface area contributed by atoms with Crippen LogP contribution >= 0.6 is 30.2 Å². The van der Waals surface area contributed by atoms with Gasteiger partial charge in [-0.25, -0.2) is 4.79 Å². The lowest BCUT2D eigenvalue weighted by Crippen LogP contribution is -2.47. The van der Waals surface area contributed by atoms with Gasteiger partial charge in [-0.05, 0) is 49.3 Å². The Hall–Kier alpha value is -0.600. The fourth-order valence-electron chi connectivity index (χ4n) is 3.37. The molecule has 0 saturated carbocycles. The summed E-state index contributed by atoms with van der Waals surface area (Å²) in [6.07, 6.45) is -3.56. The summed E-state index contributed by atoms with van der Waals surface area (Å²) in [6, 6.07) is 0. The number of anilines is 1. The van der Waals surface area contributed by atoms with Crippen LogP contribution in [0, 0.1) is 9.49 Å². The van der Waals surface area contributed by atoms with Gasteiger partial charge in [0.2, 0.25) is 0 Å². The molecule has 178 valence electrons. The molecule has 1 fully saturated rings. The minimum atomic E-state index is -4.48. The van der Waals surface area contributed by atoms with Crippen molar-refractivity contribution in [3.63, 3.8) is 0 Å². The maximum atomic E-state index is 12.8. The first-order chi connectivity index (χ1) is 14.1. The molecule has 0 aromatic carbocycles. The van der Waals surface area contributed by atoms with Gasteiger partial charge >= 0.3 is 13.3 Å². The monoisotopic (exact) mass is 575 g/mol. The third-order valence-corrected chi connectivity index (χ3v) is 9.28. The van der Waals surface area contributed by atoms with Crippen LogP contribution < -0.4 is 11.4 Å². The van der Waals surface area contributed by atoms with E-state index in [1.165, 1.54) is 13.1 Å². The van der Waals surface area contributed by atoms with Crippen LogP contribution in [0.1, 0.15) is 53.7 Å². The van der Waals surface area contributed by atoms with E-state index in [-0.39, 0.29) is 18.7 Å². The molecule has 2 rings (SSSR count). The summed E-state index contributed by atoms with van der Waals surface area (Å²) in [5, 5.41) is 29.6. The molecule has 1 saturated heterocycles. The number of aromatic nitrogens is 2. The maximum Gasteiger partial charge on any atom is 0.359 e. The first kappa shape index (κ1) is 26.7. The molecular weight excluding hydrogens is 544 g/mol. The lowest BCUT2D eigenvalue weighted by Gasteiger charge is -2.41. The van der Waals surface area contributed by atoms with Crippen LogP contribution in [-0.2, 0) is 13.8 Å². The van der Waals surface area contributed by atoms with Gasteiger partial charge in [-0.2, -0.15) is 4.98 Å². The molecule has 0 amide bonds. The summed E-state index contributed by atoms with van der Waals surface area (Å²) >= 11 is 1.88. The van der Waals surface area contributed by atoms with E-state index in [4.69, 9.17) is 15.0 Å². The Bertz CT molecular complexity index is 912. The summed E-state index contributed by atoms with van der Waals surface area (Å²) in [7, 11) is -4.48. The highest BCUT2D eigenvalue weighted by Crippen LogP contribution is 2.59. The van der Waals surface area contributed by atoms with Crippen molar-refractivity contribution < 1.29 is 34.0 Å². The average molecular weight is 575 g/mol. The van der Waals surface area contributed by atoms with Crippen LogP contribution in [0.2, 0.25) is 0 Å². The Kier molecular flexibility index (Phi) is 8.03. The van der Waals surface area contributed by atoms with E-state index >= 15 is 0 Å². The second kappa shape index (κ2) is 9.34. The Labute approximate surface area is 194 Å². The second-order valence-corrected chi connectivity index (χ2v) is 11.6. The Balaban J connectivity index is 2.36. The van der Waals surface area contributed by atoms with Gasteiger partial charge in [0.1, 0.15) is 18.0 Å². The summed E-state index contributed by atoms with van der Waals surface area (Å²) in [4.78, 5) is 26.4. The molecule has 1 aromatic heterocycles. The van der Waals surface area contributed by atoms with Crippen LogP contribution in [0.25, 0.3) is 0 Å². The number of nitrogens with two attached hydrogens (primary N) is 1. The first-order valence-corrected chi connectivity index (χ1v) is 12.6. The molecule has 11 nitrogen and oxygen atoms in total. The van der Waals surface area contributed by atoms with E-state index in [1.807, 2.05) is 22.6 Å². The van der Waals surface area contributed by atoms with Crippen LogP contribution in [0.4, 0.5) is 5.82 Å². The normalized spacial score (nSPS) is 30.9. The quantitative estimate of drug-likeness (QED) is 0.223.